The Morgan fingerprint density at radius 3 is 2.41 bits per heavy atom. The van der Waals surface area contributed by atoms with Crippen molar-refractivity contribution in [1.82, 2.24) is 4.90 Å². The lowest BCUT2D eigenvalue weighted by molar-refractivity contribution is 0.213. The van der Waals surface area contributed by atoms with E-state index >= 15 is 0 Å². The predicted octanol–water partition coefficient (Wildman–Crippen LogP) is 5.01. The van der Waals surface area contributed by atoms with Crippen molar-refractivity contribution in [1.29, 1.82) is 0 Å². The number of aryl methyl sites for hydroxylation is 1. The van der Waals surface area contributed by atoms with Gasteiger partial charge in [-0.1, -0.05) is 49.4 Å². The lowest BCUT2D eigenvalue weighted by atomic mass is 10.0. The van der Waals surface area contributed by atoms with Crippen molar-refractivity contribution in [3.8, 4) is 0 Å². The highest BCUT2D eigenvalue weighted by molar-refractivity contribution is 5.53. The van der Waals surface area contributed by atoms with Gasteiger partial charge < -0.3 is 5.32 Å². The standard InChI is InChI=1S/C20H28N2/c1-5-21-20-14-19(13-12-16(20)3)17(4)22(6-2)15-18-10-8-7-9-11-18/h7-14,17,21H,5-6,15H2,1-4H3/t17-/m1/s1. The molecule has 0 aromatic heterocycles. The van der Waals surface area contributed by atoms with Crippen LogP contribution in [0, 0.1) is 6.92 Å². The smallest absolute Gasteiger partial charge is 0.0373 e. The molecule has 118 valence electrons. The molecule has 1 N–H and O–H groups in total. The quantitative estimate of drug-likeness (QED) is 0.772. The first kappa shape index (κ1) is 16.6. The van der Waals surface area contributed by atoms with Crippen LogP contribution in [0.5, 0.6) is 0 Å². The van der Waals surface area contributed by atoms with Gasteiger partial charge in [-0.05, 0) is 50.1 Å². The molecule has 0 aliphatic heterocycles. The molecule has 22 heavy (non-hydrogen) atoms. The molecule has 0 aliphatic carbocycles. The molecule has 0 heterocycles. The van der Waals surface area contributed by atoms with Gasteiger partial charge in [0, 0.05) is 24.8 Å². The lowest BCUT2D eigenvalue weighted by Crippen LogP contribution is -2.26. The number of nitrogens with one attached hydrogen (secondary N) is 1. The second kappa shape index (κ2) is 8.00. The van der Waals surface area contributed by atoms with Gasteiger partial charge in [0.15, 0.2) is 0 Å². The van der Waals surface area contributed by atoms with Gasteiger partial charge in [0.25, 0.3) is 0 Å². The van der Waals surface area contributed by atoms with Crippen LogP contribution in [0.25, 0.3) is 0 Å². The van der Waals surface area contributed by atoms with Crippen molar-refractivity contribution in [3.05, 3.63) is 65.2 Å². The third kappa shape index (κ3) is 4.11. The molecule has 0 radical (unpaired) electrons. The van der Waals surface area contributed by atoms with Gasteiger partial charge in [-0.2, -0.15) is 0 Å². The monoisotopic (exact) mass is 296 g/mol. The van der Waals surface area contributed by atoms with Crippen molar-refractivity contribution >= 4 is 5.69 Å². The van der Waals surface area contributed by atoms with Gasteiger partial charge in [0.1, 0.15) is 0 Å². The molecule has 0 saturated heterocycles. The third-order valence-electron chi connectivity index (χ3n) is 4.29. The number of anilines is 1. The average molecular weight is 296 g/mol. The topological polar surface area (TPSA) is 15.3 Å². The maximum Gasteiger partial charge on any atom is 0.0373 e. The van der Waals surface area contributed by atoms with E-state index in [2.05, 4.69) is 86.4 Å². The summed E-state index contributed by atoms with van der Waals surface area (Å²) < 4.78 is 0. The Kier molecular flexibility index (Phi) is 6.02. The third-order valence-corrected chi connectivity index (χ3v) is 4.29. The van der Waals surface area contributed by atoms with E-state index in [1.54, 1.807) is 0 Å². The van der Waals surface area contributed by atoms with Crippen LogP contribution in [-0.2, 0) is 6.54 Å². The molecule has 2 rings (SSSR count). The minimum Gasteiger partial charge on any atom is -0.385 e. The van der Waals surface area contributed by atoms with Crippen LogP contribution in [-0.4, -0.2) is 18.0 Å². The Hall–Kier alpha value is -1.80. The van der Waals surface area contributed by atoms with Crippen LogP contribution in [0.2, 0.25) is 0 Å². The van der Waals surface area contributed by atoms with Crippen LogP contribution < -0.4 is 5.32 Å². The highest BCUT2D eigenvalue weighted by atomic mass is 15.1. The van der Waals surface area contributed by atoms with Crippen LogP contribution in [0.3, 0.4) is 0 Å². The van der Waals surface area contributed by atoms with Crippen LogP contribution >= 0.6 is 0 Å². The first-order valence-electron chi connectivity index (χ1n) is 8.28. The molecule has 2 nitrogen and oxygen atoms in total. The van der Waals surface area contributed by atoms with Gasteiger partial charge in [-0.15, -0.1) is 0 Å². The van der Waals surface area contributed by atoms with E-state index in [0.29, 0.717) is 6.04 Å². The summed E-state index contributed by atoms with van der Waals surface area (Å²) in [4.78, 5) is 2.51. The fourth-order valence-corrected chi connectivity index (χ4v) is 2.83. The molecule has 0 spiro atoms. The Morgan fingerprint density at radius 2 is 1.77 bits per heavy atom. The maximum absolute atomic E-state index is 3.46. The van der Waals surface area contributed by atoms with E-state index in [1.165, 1.54) is 22.4 Å². The van der Waals surface area contributed by atoms with Crippen molar-refractivity contribution in [2.24, 2.45) is 0 Å². The fraction of sp³-hybridized carbons (Fsp3) is 0.400. The average Bonchev–Trinajstić information content (AvgIpc) is 2.55. The van der Waals surface area contributed by atoms with Gasteiger partial charge in [0.2, 0.25) is 0 Å². The summed E-state index contributed by atoms with van der Waals surface area (Å²) in [5.41, 5.74) is 5.31. The van der Waals surface area contributed by atoms with Crippen molar-refractivity contribution in [3.63, 3.8) is 0 Å². The summed E-state index contributed by atoms with van der Waals surface area (Å²) in [6.07, 6.45) is 0. The number of benzene rings is 2. The lowest BCUT2D eigenvalue weighted by Gasteiger charge is -2.29. The highest BCUT2D eigenvalue weighted by Crippen LogP contribution is 2.26. The zero-order chi connectivity index (χ0) is 15.9. The van der Waals surface area contributed by atoms with Crippen molar-refractivity contribution in [2.45, 2.75) is 40.3 Å². The number of rotatable bonds is 7. The summed E-state index contributed by atoms with van der Waals surface area (Å²) in [5.74, 6) is 0. The Bertz CT molecular complexity index is 578. The molecule has 0 aliphatic rings. The highest BCUT2D eigenvalue weighted by Gasteiger charge is 2.15. The summed E-state index contributed by atoms with van der Waals surface area (Å²) in [6, 6.07) is 17.9. The van der Waals surface area contributed by atoms with E-state index in [1.807, 2.05) is 0 Å². The normalized spacial score (nSPS) is 12.4. The second-order valence-corrected chi connectivity index (χ2v) is 5.83. The molecule has 2 aromatic carbocycles. The molecular formula is C20H28N2. The largest absolute Gasteiger partial charge is 0.385 e. The zero-order valence-electron chi connectivity index (χ0n) is 14.3. The molecule has 0 saturated carbocycles. The predicted molar refractivity (Wildman–Crippen MR) is 96.3 cm³/mol. The molecule has 1 atom stereocenters. The number of hydrogen-bond acceptors (Lipinski definition) is 2. The first-order chi connectivity index (χ1) is 10.7. The van der Waals surface area contributed by atoms with Gasteiger partial charge in [-0.25, -0.2) is 0 Å². The van der Waals surface area contributed by atoms with E-state index in [4.69, 9.17) is 0 Å². The number of nitrogens with zero attached hydrogens (tertiary/aromatic N) is 1. The van der Waals surface area contributed by atoms with Gasteiger partial charge >= 0.3 is 0 Å². The summed E-state index contributed by atoms with van der Waals surface area (Å²) in [6.45, 7) is 11.8. The van der Waals surface area contributed by atoms with Crippen molar-refractivity contribution in [2.75, 3.05) is 18.4 Å². The molecule has 2 aromatic rings. The first-order valence-corrected chi connectivity index (χ1v) is 8.28. The second-order valence-electron chi connectivity index (χ2n) is 5.83. The van der Waals surface area contributed by atoms with E-state index < -0.39 is 0 Å². The molecule has 0 unspecified atom stereocenters. The van der Waals surface area contributed by atoms with Crippen LogP contribution in [0.15, 0.2) is 48.5 Å². The van der Waals surface area contributed by atoms with Gasteiger partial charge in [-0.3, -0.25) is 4.90 Å². The zero-order valence-corrected chi connectivity index (χ0v) is 14.3. The van der Waals surface area contributed by atoms with E-state index in [-0.39, 0.29) is 0 Å². The number of hydrogen-bond donors (Lipinski definition) is 1. The molecule has 0 bridgehead atoms. The molecule has 0 amide bonds. The fourth-order valence-electron chi connectivity index (χ4n) is 2.83. The van der Waals surface area contributed by atoms with E-state index in [9.17, 15) is 0 Å². The van der Waals surface area contributed by atoms with Crippen LogP contribution in [0.4, 0.5) is 5.69 Å². The van der Waals surface area contributed by atoms with Crippen LogP contribution in [0.1, 0.15) is 43.5 Å². The maximum atomic E-state index is 3.46. The van der Waals surface area contributed by atoms with Gasteiger partial charge in [0.05, 0.1) is 0 Å². The molecule has 2 heteroatoms. The molecule has 0 fully saturated rings. The SMILES string of the molecule is CCNc1cc([C@@H](C)N(CC)Cc2ccccc2)ccc1C. The Balaban J connectivity index is 2.17. The van der Waals surface area contributed by atoms with E-state index in [0.717, 1.165) is 19.6 Å². The summed E-state index contributed by atoms with van der Waals surface area (Å²) in [7, 11) is 0. The summed E-state index contributed by atoms with van der Waals surface area (Å²) in [5, 5.41) is 3.46. The molecular weight excluding hydrogens is 268 g/mol. The minimum absolute atomic E-state index is 0.406. The Morgan fingerprint density at radius 1 is 1.05 bits per heavy atom. The Labute approximate surface area is 135 Å². The minimum atomic E-state index is 0.406. The summed E-state index contributed by atoms with van der Waals surface area (Å²) >= 11 is 0. The van der Waals surface area contributed by atoms with Crippen molar-refractivity contribution < 1.29 is 0 Å².